The lowest BCUT2D eigenvalue weighted by atomic mass is 10.1. The van der Waals surface area contributed by atoms with Crippen LogP contribution >= 0.6 is 0 Å². The van der Waals surface area contributed by atoms with Crippen LogP contribution in [0.2, 0.25) is 0 Å². The molecule has 1 atom stereocenters. The second-order valence-electron chi connectivity index (χ2n) is 8.96. The highest BCUT2D eigenvalue weighted by Gasteiger charge is 2.32. The first-order chi connectivity index (χ1) is 16.9. The SMILES string of the molecule is C[C@@H]1CN(Cc2cn[nH]c2-c2ccc(N3CCOCC3)nc2)CCN1c1ccc(C(F)(F)F)cn1. The van der Waals surface area contributed by atoms with E-state index in [0.29, 0.717) is 12.4 Å². The Bertz CT molecular complexity index is 1110. The van der Waals surface area contributed by atoms with E-state index < -0.39 is 11.7 Å². The quantitative estimate of drug-likeness (QED) is 0.591. The van der Waals surface area contributed by atoms with Gasteiger partial charge in [-0.05, 0) is 31.2 Å². The zero-order valence-electron chi connectivity index (χ0n) is 19.5. The molecule has 0 aromatic carbocycles. The molecule has 0 amide bonds. The van der Waals surface area contributed by atoms with E-state index >= 15 is 0 Å². The smallest absolute Gasteiger partial charge is 0.378 e. The van der Waals surface area contributed by atoms with Gasteiger partial charge in [0.05, 0.1) is 30.7 Å². The van der Waals surface area contributed by atoms with E-state index in [1.54, 1.807) is 0 Å². The lowest BCUT2D eigenvalue weighted by Crippen LogP contribution is -2.51. The van der Waals surface area contributed by atoms with Gasteiger partial charge in [0, 0.05) is 68.8 Å². The second-order valence-corrected chi connectivity index (χ2v) is 8.96. The molecule has 2 aliphatic rings. The van der Waals surface area contributed by atoms with Gasteiger partial charge in [-0.25, -0.2) is 9.97 Å². The minimum Gasteiger partial charge on any atom is -0.378 e. The molecule has 186 valence electrons. The molecule has 0 radical (unpaired) electrons. The number of pyridine rings is 2. The van der Waals surface area contributed by atoms with Gasteiger partial charge < -0.3 is 14.5 Å². The van der Waals surface area contributed by atoms with E-state index in [1.807, 2.05) is 18.5 Å². The third kappa shape index (κ3) is 5.25. The number of piperazine rings is 1. The largest absolute Gasteiger partial charge is 0.417 e. The number of alkyl halides is 3. The first kappa shape index (κ1) is 23.6. The Hall–Kier alpha value is -3.18. The molecule has 5 rings (SSSR count). The van der Waals surface area contributed by atoms with Crippen molar-refractivity contribution in [3.63, 3.8) is 0 Å². The van der Waals surface area contributed by atoms with Crippen LogP contribution in [-0.4, -0.2) is 77.0 Å². The number of aromatic amines is 1. The van der Waals surface area contributed by atoms with Crippen molar-refractivity contribution >= 4 is 11.6 Å². The van der Waals surface area contributed by atoms with Gasteiger partial charge in [0.25, 0.3) is 0 Å². The maximum absolute atomic E-state index is 12.9. The number of nitrogens with one attached hydrogen (secondary N) is 1. The van der Waals surface area contributed by atoms with Crippen LogP contribution in [0.1, 0.15) is 18.1 Å². The molecule has 0 aliphatic carbocycles. The van der Waals surface area contributed by atoms with Gasteiger partial charge in [-0.1, -0.05) is 0 Å². The Balaban J connectivity index is 1.22. The highest BCUT2D eigenvalue weighted by molar-refractivity contribution is 5.63. The molecule has 11 heteroatoms. The maximum Gasteiger partial charge on any atom is 0.417 e. The van der Waals surface area contributed by atoms with Crippen LogP contribution in [0.4, 0.5) is 24.8 Å². The van der Waals surface area contributed by atoms with E-state index in [2.05, 4.69) is 47.9 Å². The van der Waals surface area contributed by atoms with Crippen molar-refractivity contribution in [2.75, 3.05) is 55.7 Å². The summed E-state index contributed by atoms with van der Waals surface area (Å²) in [6.45, 7) is 8.12. The molecule has 3 aromatic rings. The molecule has 5 heterocycles. The van der Waals surface area contributed by atoms with Gasteiger partial charge in [-0.2, -0.15) is 18.3 Å². The highest BCUT2D eigenvalue weighted by atomic mass is 19.4. The molecule has 8 nitrogen and oxygen atoms in total. The third-order valence-electron chi connectivity index (χ3n) is 6.56. The van der Waals surface area contributed by atoms with Crippen LogP contribution < -0.4 is 9.80 Å². The predicted octanol–water partition coefficient (Wildman–Crippen LogP) is 3.43. The van der Waals surface area contributed by atoms with E-state index in [4.69, 9.17) is 4.74 Å². The van der Waals surface area contributed by atoms with E-state index in [1.165, 1.54) is 6.07 Å². The van der Waals surface area contributed by atoms with E-state index in [0.717, 1.165) is 80.8 Å². The van der Waals surface area contributed by atoms with Crippen molar-refractivity contribution in [3.05, 3.63) is 54.0 Å². The lowest BCUT2D eigenvalue weighted by molar-refractivity contribution is -0.137. The van der Waals surface area contributed by atoms with Gasteiger partial charge in [0.1, 0.15) is 11.6 Å². The van der Waals surface area contributed by atoms with Crippen LogP contribution in [0.5, 0.6) is 0 Å². The molecule has 0 unspecified atom stereocenters. The van der Waals surface area contributed by atoms with E-state index in [-0.39, 0.29) is 6.04 Å². The summed E-state index contributed by atoms with van der Waals surface area (Å²) >= 11 is 0. The molecule has 1 N–H and O–H groups in total. The topological polar surface area (TPSA) is 73.4 Å². The summed E-state index contributed by atoms with van der Waals surface area (Å²) in [6.07, 6.45) is 0.249. The first-order valence-electron chi connectivity index (χ1n) is 11.7. The number of nitrogens with zero attached hydrogens (tertiary/aromatic N) is 6. The Morgan fingerprint density at radius 1 is 0.971 bits per heavy atom. The molecule has 0 bridgehead atoms. The van der Waals surface area contributed by atoms with Gasteiger partial charge in [0.2, 0.25) is 0 Å². The molecule has 35 heavy (non-hydrogen) atoms. The lowest BCUT2D eigenvalue weighted by Gasteiger charge is -2.40. The van der Waals surface area contributed by atoms with Crippen molar-refractivity contribution in [3.8, 4) is 11.3 Å². The second kappa shape index (κ2) is 9.82. The number of ether oxygens (including phenoxy) is 1. The Labute approximate surface area is 201 Å². The summed E-state index contributed by atoms with van der Waals surface area (Å²) in [5, 5.41) is 7.38. The fourth-order valence-corrected chi connectivity index (χ4v) is 4.68. The average Bonchev–Trinajstić information content (AvgIpc) is 3.32. The molecule has 2 saturated heterocycles. The number of hydrogen-bond donors (Lipinski definition) is 1. The van der Waals surface area contributed by atoms with Gasteiger partial charge in [-0.15, -0.1) is 0 Å². The van der Waals surface area contributed by atoms with Gasteiger partial charge in [0.15, 0.2) is 0 Å². The monoisotopic (exact) mass is 487 g/mol. The third-order valence-corrected chi connectivity index (χ3v) is 6.56. The van der Waals surface area contributed by atoms with E-state index in [9.17, 15) is 13.2 Å². The van der Waals surface area contributed by atoms with Gasteiger partial charge >= 0.3 is 6.18 Å². The van der Waals surface area contributed by atoms with Crippen LogP contribution in [0.25, 0.3) is 11.3 Å². The summed E-state index contributed by atoms with van der Waals surface area (Å²) < 4.78 is 44.0. The van der Waals surface area contributed by atoms with Crippen molar-refractivity contribution < 1.29 is 17.9 Å². The molecule has 2 fully saturated rings. The van der Waals surface area contributed by atoms with Crippen molar-refractivity contribution in [1.82, 2.24) is 25.1 Å². The normalized spacial score (nSPS) is 19.8. The zero-order valence-corrected chi connectivity index (χ0v) is 19.5. The van der Waals surface area contributed by atoms with Crippen LogP contribution in [-0.2, 0) is 17.5 Å². The highest BCUT2D eigenvalue weighted by Crippen LogP contribution is 2.30. The summed E-state index contributed by atoms with van der Waals surface area (Å²) in [4.78, 5) is 15.3. The molecular formula is C24H28F3N7O. The van der Waals surface area contributed by atoms with Crippen molar-refractivity contribution in [2.24, 2.45) is 0 Å². The number of aromatic nitrogens is 4. The molecule has 0 spiro atoms. The van der Waals surface area contributed by atoms with Crippen LogP contribution in [0.3, 0.4) is 0 Å². The fourth-order valence-electron chi connectivity index (χ4n) is 4.68. The number of morpholine rings is 1. The van der Waals surface area contributed by atoms with Crippen molar-refractivity contribution in [1.29, 1.82) is 0 Å². The Kier molecular flexibility index (Phi) is 6.61. The average molecular weight is 488 g/mol. The number of H-pyrrole nitrogens is 1. The minimum atomic E-state index is -4.38. The Morgan fingerprint density at radius 3 is 2.40 bits per heavy atom. The number of halogens is 3. The number of hydrogen-bond acceptors (Lipinski definition) is 7. The van der Waals surface area contributed by atoms with Gasteiger partial charge in [-0.3, -0.25) is 10.00 Å². The fraction of sp³-hybridized carbons (Fsp3) is 0.458. The standard InChI is InChI=1S/C24H28F3N7O/c1-17-15-32(6-7-34(17)22-5-3-20(14-29-22)24(25,26)27)16-19-13-30-31-23(19)18-2-4-21(28-12-18)33-8-10-35-11-9-33/h2-5,12-14,17H,6-11,15-16H2,1H3,(H,30,31)/t17-/m1/s1. The number of rotatable bonds is 5. The van der Waals surface area contributed by atoms with Crippen LogP contribution in [0, 0.1) is 0 Å². The zero-order chi connectivity index (χ0) is 24.4. The summed E-state index contributed by atoms with van der Waals surface area (Å²) in [5.41, 5.74) is 2.28. The molecular weight excluding hydrogens is 459 g/mol. The molecule has 0 saturated carbocycles. The van der Waals surface area contributed by atoms with Crippen molar-refractivity contribution in [2.45, 2.75) is 25.7 Å². The summed E-state index contributed by atoms with van der Waals surface area (Å²) in [5.74, 6) is 1.51. The minimum absolute atomic E-state index is 0.109. The summed E-state index contributed by atoms with van der Waals surface area (Å²) in [6, 6.07) is 6.75. The first-order valence-corrected chi connectivity index (χ1v) is 11.7. The Morgan fingerprint density at radius 2 is 1.74 bits per heavy atom. The molecule has 3 aromatic heterocycles. The summed E-state index contributed by atoms with van der Waals surface area (Å²) in [7, 11) is 0. The molecule has 2 aliphatic heterocycles. The number of anilines is 2. The maximum atomic E-state index is 12.9. The van der Waals surface area contributed by atoms with Crippen LogP contribution in [0.15, 0.2) is 42.9 Å². The predicted molar refractivity (Wildman–Crippen MR) is 126 cm³/mol.